The summed E-state index contributed by atoms with van der Waals surface area (Å²) in [6, 6.07) is 18.1. The summed E-state index contributed by atoms with van der Waals surface area (Å²) in [6.45, 7) is 19.1. The van der Waals surface area contributed by atoms with Gasteiger partial charge in [-0.05, 0) is 0 Å². The van der Waals surface area contributed by atoms with Crippen LogP contribution in [0.25, 0.3) is 0 Å². The molecule has 0 bridgehead atoms. The Morgan fingerprint density at radius 1 is 0.815 bits per heavy atom. The van der Waals surface area contributed by atoms with Crippen molar-refractivity contribution in [3.8, 4) is 0 Å². The number of hydrogen-bond donors (Lipinski definition) is 0. The Morgan fingerprint density at radius 2 is 1.22 bits per heavy atom. The van der Waals surface area contributed by atoms with Crippen molar-refractivity contribution in [1.82, 2.24) is 0 Å². The fraction of sp³-hybridized carbons (Fsp3) is 0.200. The molecule has 0 radical (unpaired) electrons. The van der Waals surface area contributed by atoms with Gasteiger partial charge in [-0.25, -0.2) is 0 Å². The van der Waals surface area contributed by atoms with Crippen LogP contribution in [0.4, 0.5) is 0 Å². The van der Waals surface area contributed by atoms with E-state index in [0.29, 0.717) is 5.56 Å². The van der Waals surface area contributed by atoms with Gasteiger partial charge in [-0.2, -0.15) is 0 Å². The first kappa shape index (κ1) is 29.9. The summed E-state index contributed by atoms with van der Waals surface area (Å²) in [7, 11) is 0. The number of esters is 1. The van der Waals surface area contributed by atoms with Crippen molar-refractivity contribution in [3.63, 3.8) is 0 Å². The van der Waals surface area contributed by atoms with Gasteiger partial charge < -0.3 is 0 Å². The maximum atomic E-state index is 11.9. The van der Waals surface area contributed by atoms with Gasteiger partial charge in [-0.15, -0.1) is 0 Å². The molecular weight excluding hydrogens is 451 g/mol. The molecule has 0 spiro atoms. The first-order valence-electron chi connectivity index (χ1n) is 7.12. The van der Waals surface area contributed by atoms with Crippen molar-refractivity contribution in [2.45, 2.75) is 26.4 Å². The molecule has 140 valence electrons. The normalized spacial score (nSPS) is 8.48. The monoisotopic (exact) mass is 470 g/mol. The Kier molecular flexibility index (Phi) is 19.5. The van der Waals surface area contributed by atoms with E-state index < -0.39 is 5.60 Å². The molecule has 0 saturated carbocycles. The van der Waals surface area contributed by atoms with Gasteiger partial charge in [-0.1, -0.05) is 0 Å². The largest absolute Gasteiger partial charge is 0 e. The molecule has 0 aliphatic carbocycles. The Balaban J connectivity index is -0.000000749. The molecular formula is C20H18CrO5Se. The Hall–Kier alpha value is -1.82. The third-order valence-corrected chi connectivity index (χ3v) is 4.60. The average Bonchev–Trinajstić information content (AvgIpc) is 2.67. The van der Waals surface area contributed by atoms with Crippen molar-refractivity contribution < 1.29 is 40.8 Å². The summed E-state index contributed by atoms with van der Waals surface area (Å²) >= 11 is 0.272. The predicted molar refractivity (Wildman–Crippen MR) is 94.9 cm³/mol. The molecule has 2 rings (SSSR count). The smallest absolute Gasteiger partial charge is 0 e. The van der Waals surface area contributed by atoms with Crippen LogP contribution in [0.5, 0.6) is 0 Å². The van der Waals surface area contributed by atoms with E-state index in [-0.39, 0.29) is 38.3 Å². The van der Waals surface area contributed by atoms with Crippen LogP contribution in [0.1, 0.15) is 31.1 Å². The van der Waals surface area contributed by atoms with Crippen molar-refractivity contribution in [2.24, 2.45) is 0 Å². The quantitative estimate of drug-likeness (QED) is 0.299. The molecule has 0 amide bonds. The molecule has 0 unspecified atom stereocenters. The maximum Gasteiger partial charge on any atom is 0 e. The summed E-state index contributed by atoms with van der Waals surface area (Å²) in [4.78, 5) is 11.9. The minimum atomic E-state index is -0.455. The second-order valence-corrected chi connectivity index (χ2v) is 7.85. The fourth-order valence-corrected chi connectivity index (χ4v) is 3.38. The molecule has 0 aliphatic rings. The van der Waals surface area contributed by atoms with E-state index in [1.165, 1.54) is 8.92 Å². The van der Waals surface area contributed by atoms with Crippen LogP contribution in [-0.4, -0.2) is 26.5 Å². The molecule has 0 heterocycles. The Morgan fingerprint density at radius 3 is 1.63 bits per heavy atom. The first-order valence-corrected chi connectivity index (χ1v) is 8.83. The number of carbonyl (C=O) groups excluding carboxylic acids is 1. The minimum absolute atomic E-state index is 0. The van der Waals surface area contributed by atoms with Crippen LogP contribution >= 0.6 is 0 Å². The van der Waals surface area contributed by atoms with Gasteiger partial charge in [0.15, 0.2) is 0 Å². The number of carbonyl (C=O) groups is 1. The second-order valence-electron chi connectivity index (χ2n) is 5.44. The van der Waals surface area contributed by atoms with Crippen molar-refractivity contribution in [1.29, 1.82) is 0 Å². The molecule has 27 heavy (non-hydrogen) atoms. The third kappa shape index (κ3) is 14.0. The third-order valence-electron chi connectivity index (χ3n) is 2.47. The van der Waals surface area contributed by atoms with Gasteiger partial charge in [-0.3, -0.25) is 0 Å². The molecule has 0 N–H and O–H groups in total. The van der Waals surface area contributed by atoms with Crippen LogP contribution < -0.4 is 8.92 Å². The van der Waals surface area contributed by atoms with E-state index in [0.717, 1.165) is 0 Å². The van der Waals surface area contributed by atoms with E-state index in [2.05, 4.69) is 32.1 Å². The molecule has 7 heteroatoms. The molecule has 0 atom stereocenters. The van der Waals surface area contributed by atoms with Crippen molar-refractivity contribution >= 4 is 29.8 Å². The minimum Gasteiger partial charge on any atom is 0 e. The summed E-state index contributed by atoms with van der Waals surface area (Å²) in [5.74, 6) is -0.267. The van der Waals surface area contributed by atoms with E-state index in [4.69, 9.17) is 18.7 Å². The zero-order chi connectivity index (χ0) is 20.6. The van der Waals surface area contributed by atoms with Crippen LogP contribution in [-0.2, 0) is 36.1 Å². The van der Waals surface area contributed by atoms with Crippen molar-refractivity contribution in [2.75, 3.05) is 0 Å². The van der Waals surface area contributed by atoms with Gasteiger partial charge in [0.25, 0.3) is 0 Å². The SMILES string of the molecule is CC(C)(C)OC(=O)c1ccc([Se]c2ccccc2)cc1.[C-]#[O+].[C-]#[O+].[C-]#[O+].[Cr]. The number of rotatable bonds is 3. The van der Waals surface area contributed by atoms with Gasteiger partial charge in [0.05, 0.1) is 0 Å². The number of ether oxygens (including phenoxy) is 1. The van der Waals surface area contributed by atoms with Gasteiger partial charge in [0.1, 0.15) is 0 Å². The van der Waals surface area contributed by atoms with Crippen molar-refractivity contribution in [3.05, 3.63) is 80.1 Å². The van der Waals surface area contributed by atoms with Crippen LogP contribution in [0.15, 0.2) is 54.6 Å². The van der Waals surface area contributed by atoms with E-state index in [1.807, 2.05) is 63.2 Å². The predicted octanol–water partition coefficient (Wildman–Crippen LogP) is 2.18. The Labute approximate surface area is 176 Å². The zero-order valence-corrected chi connectivity index (χ0v) is 18.0. The zero-order valence-electron chi connectivity index (χ0n) is 15.1. The summed E-state index contributed by atoms with van der Waals surface area (Å²) in [5.41, 5.74) is 0.150. The molecule has 2 aromatic rings. The van der Waals surface area contributed by atoms with Gasteiger partial charge in [0, 0.05) is 17.4 Å². The fourth-order valence-electron chi connectivity index (χ4n) is 1.62. The van der Waals surface area contributed by atoms with Crippen LogP contribution in [0.3, 0.4) is 0 Å². The first-order chi connectivity index (χ1) is 12.4. The second kappa shape index (κ2) is 17.6. The number of benzene rings is 2. The van der Waals surface area contributed by atoms with Gasteiger partial charge >= 0.3 is 160 Å². The summed E-state index contributed by atoms with van der Waals surface area (Å²) < 4.78 is 30.4. The maximum absolute atomic E-state index is 11.9. The molecule has 0 fully saturated rings. The summed E-state index contributed by atoms with van der Waals surface area (Å²) in [6.07, 6.45) is 0. The van der Waals surface area contributed by atoms with Crippen LogP contribution in [0.2, 0.25) is 0 Å². The van der Waals surface area contributed by atoms with E-state index >= 15 is 0 Å². The molecule has 5 nitrogen and oxygen atoms in total. The molecule has 0 aromatic heterocycles. The van der Waals surface area contributed by atoms with E-state index in [1.54, 1.807) is 0 Å². The number of hydrogen-bond acceptors (Lipinski definition) is 2. The van der Waals surface area contributed by atoms with Gasteiger partial charge in [0.2, 0.25) is 0 Å². The van der Waals surface area contributed by atoms with E-state index in [9.17, 15) is 4.79 Å². The molecule has 0 saturated heterocycles. The molecule has 2 aromatic carbocycles. The topological polar surface area (TPSA) is 86.0 Å². The summed E-state index contributed by atoms with van der Waals surface area (Å²) in [5, 5.41) is 0. The standard InChI is InChI=1S/C17H18O2Se.3CO.Cr/c1-17(2,3)19-16(18)13-9-11-15(12-10-13)20-14-7-5-4-6-8-14;3*1-2;/h4-12H,1-3H3;;;;. The average molecular weight is 469 g/mol. The Bertz CT molecular complexity index is 687. The molecule has 0 aliphatic heterocycles. The van der Waals surface area contributed by atoms with Crippen LogP contribution in [0, 0.1) is 20.0 Å².